The van der Waals surface area contributed by atoms with E-state index in [0.717, 1.165) is 55.5 Å². The highest BCUT2D eigenvalue weighted by molar-refractivity contribution is 7.90. The first-order valence-electron chi connectivity index (χ1n) is 14.3. The largest absolute Gasteiger partial charge is 0.365 e. The number of anilines is 1. The number of hydrogen-bond donors (Lipinski definition) is 1. The normalized spacial score (nSPS) is 22.1. The van der Waals surface area contributed by atoms with Gasteiger partial charge in [-0.05, 0) is 70.6 Å². The van der Waals surface area contributed by atoms with E-state index in [4.69, 9.17) is 4.98 Å². The first-order chi connectivity index (χ1) is 19.3. The number of nitrogens with zero attached hydrogens (tertiary/aromatic N) is 7. The molecule has 3 aromatic heterocycles. The Balaban J connectivity index is 1.20. The molecular weight excluding hydrogens is 528 g/mol. The maximum atomic E-state index is 13.8. The van der Waals surface area contributed by atoms with Crippen LogP contribution in [0.1, 0.15) is 75.2 Å². The molecular formula is C28H34N8O3S. The molecule has 3 fully saturated rings. The van der Waals surface area contributed by atoms with Crippen molar-refractivity contribution in [3.05, 3.63) is 46.5 Å². The fraction of sp³-hybridized carbons (Fsp3) is 0.571. The lowest BCUT2D eigenvalue weighted by atomic mass is 10.0. The zero-order chi connectivity index (χ0) is 27.6. The van der Waals surface area contributed by atoms with E-state index in [1.54, 1.807) is 23.3 Å². The van der Waals surface area contributed by atoms with Gasteiger partial charge in [-0.25, -0.2) is 33.3 Å². The smallest absolute Gasteiger partial charge is 0.295 e. The summed E-state index contributed by atoms with van der Waals surface area (Å²) < 4.78 is 28.3. The van der Waals surface area contributed by atoms with Crippen molar-refractivity contribution in [1.82, 2.24) is 33.8 Å². The van der Waals surface area contributed by atoms with E-state index in [0.29, 0.717) is 48.3 Å². The van der Waals surface area contributed by atoms with Gasteiger partial charge >= 0.3 is 0 Å². The molecule has 1 aliphatic heterocycles. The van der Waals surface area contributed by atoms with Crippen molar-refractivity contribution in [1.29, 1.82) is 0 Å². The molecule has 4 heterocycles. The van der Waals surface area contributed by atoms with Crippen molar-refractivity contribution in [3.8, 4) is 11.4 Å². The van der Waals surface area contributed by atoms with Crippen LogP contribution in [0.5, 0.6) is 0 Å². The molecule has 2 unspecified atom stereocenters. The second kappa shape index (κ2) is 9.60. The van der Waals surface area contributed by atoms with Crippen molar-refractivity contribution >= 4 is 27.0 Å². The molecule has 0 radical (unpaired) electrons. The first-order valence-corrected chi connectivity index (χ1v) is 15.9. The Morgan fingerprint density at radius 3 is 2.52 bits per heavy atom. The highest BCUT2D eigenvalue weighted by atomic mass is 32.2. The van der Waals surface area contributed by atoms with Crippen LogP contribution in [0.2, 0.25) is 0 Å². The molecule has 210 valence electrons. The molecule has 40 heavy (non-hydrogen) atoms. The van der Waals surface area contributed by atoms with Crippen LogP contribution in [-0.4, -0.2) is 60.5 Å². The van der Waals surface area contributed by atoms with Gasteiger partial charge in [0.15, 0.2) is 17.3 Å². The zero-order valence-corrected chi connectivity index (χ0v) is 23.6. The molecule has 12 heteroatoms. The van der Waals surface area contributed by atoms with Crippen molar-refractivity contribution in [3.63, 3.8) is 0 Å². The van der Waals surface area contributed by atoms with Crippen molar-refractivity contribution < 1.29 is 8.42 Å². The summed E-state index contributed by atoms with van der Waals surface area (Å²) in [6, 6.07) is -0.0203. The van der Waals surface area contributed by atoms with Crippen LogP contribution in [0.15, 0.2) is 29.6 Å². The van der Waals surface area contributed by atoms with Gasteiger partial charge in [-0.15, -0.1) is 0 Å². The third-order valence-corrected chi connectivity index (χ3v) is 10.9. The molecule has 1 N–H and O–H groups in total. The minimum absolute atomic E-state index is 0.0203. The molecule has 0 spiro atoms. The van der Waals surface area contributed by atoms with Gasteiger partial charge in [-0.1, -0.05) is 6.08 Å². The van der Waals surface area contributed by atoms with E-state index >= 15 is 0 Å². The number of nitrogens with one attached hydrogen (secondary N) is 1. The molecule has 0 amide bonds. The number of aromatic nitrogens is 6. The third-order valence-electron chi connectivity index (χ3n) is 8.65. The summed E-state index contributed by atoms with van der Waals surface area (Å²) in [6.07, 6.45) is 13.5. The summed E-state index contributed by atoms with van der Waals surface area (Å²) in [7, 11) is -3.22. The van der Waals surface area contributed by atoms with Crippen LogP contribution in [0, 0.1) is 18.8 Å². The molecule has 7 rings (SSSR count). The van der Waals surface area contributed by atoms with Gasteiger partial charge in [-0.2, -0.15) is 0 Å². The van der Waals surface area contributed by atoms with Gasteiger partial charge in [-0.3, -0.25) is 13.7 Å². The fourth-order valence-electron chi connectivity index (χ4n) is 5.69. The van der Waals surface area contributed by atoms with Crippen LogP contribution in [0.4, 0.5) is 5.82 Å². The highest BCUT2D eigenvalue weighted by Crippen LogP contribution is 2.43. The zero-order valence-electron chi connectivity index (χ0n) is 22.8. The number of fused-ring (bicyclic) bond motifs is 1. The van der Waals surface area contributed by atoms with E-state index in [1.165, 1.54) is 4.31 Å². The molecule has 11 nitrogen and oxygen atoms in total. The molecule has 0 aromatic carbocycles. The average Bonchev–Trinajstić information content (AvgIpc) is 3.79. The van der Waals surface area contributed by atoms with Gasteiger partial charge in [0.25, 0.3) is 5.56 Å². The summed E-state index contributed by atoms with van der Waals surface area (Å²) in [5.41, 5.74) is 3.55. The SMILES string of the molecule is Cc1ncnc(C2CC2)c1-c1ncc2nc(NCC3C=CN(S(=O)(=O)C4CC4)CC3)c(=O)n(C(C)C3CC3)c2n1. The van der Waals surface area contributed by atoms with E-state index < -0.39 is 10.0 Å². The second-order valence-electron chi connectivity index (χ2n) is 11.7. The molecule has 3 saturated carbocycles. The first kappa shape index (κ1) is 25.6. The Morgan fingerprint density at radius 2 is 1.85 bits per heavy atom. The lowest BCUT2D eigenvalue weighted by Gasteiger charge is -2.27. The summed E-state index contributed by atoms with van der Waals surface area (Å²) in [5, 5.41) is 3.05. The maximum Gasteiger partial charge on any atom is 0.295 e. The van der Waals surface area contributed by atoms with Gasteiger partial charge in [0.05, 0.1) is 28.4 Å². The van der Waals surface area contributed by atoms with Crippen molar-refractivity contribution in [2.75, 3.05) is 18.4 Å². The van der Waals surface area contributed by atoms with Crippen molar-refractivity contribution in [2.45, 2.75) is 76.0 Å². The summed E-state index contributed by atoms with van der Waals surface area (Å²) >= 11 is 0. The molecule has 3 aromatic rings. The van der Waals surface area contributed by atoms with E-state index in [-0.39, 0.29) is 28.6 Å². The number of aryl methyl sites for hydroxylation is 1. The fourth-order valence-corrected chi connectivity index (χ4v) is 7.40. The standard InChI is InChI=1S/C28H34N8O3S/c1-16-23(24(20-5-6-20)32-15-31-16)25-30-14-22-27(34-25)36(17(2)19-3-4-19)28(37)26(33-22)29-13-18-9-11-35(12-10-18)40(38,39)21-7-8-21/h9,11,14-15,17-21H,3-8,10,12-13H2,1-2H3,(H,29,33). The summed E-state index contributed by atoms with van der Waals surface area (Å²) in [5.74, 6) is 1.74. The van der Waals surface area contributed by atoms with Crippen LogP contribution in [0.25, 0.3) is 22.6 Å². The second-order valence-corrected chi connectivity index (χ2v) is 13.9. The molecule has 2 atom stereocenters. The Bertz CT molecular complexity index is 1670. The number of hydrogen-bond acceptors (Lipinski definition) is 9. The van der Waals surface area contributed by atoms with Crippen LogP contribution in [0.3, 0.4) is 0 Å². The minimum atomic E-state index is -3.22. The van der Waals surface area contributed by atoms with Crippen LogP contribution < -0.4 is 10.9 Å². The predicted molar refractivity (Wildman–Crippen MR) is 151 cm³/mol. The van der Waals surface area contributed by atoms with Gasteiger partial charge < -0.3 is 5.32 Å². The van der Waals surface area contributed by atoms with E-state index in [2.05, 4.69) is 32.2 Å². The topological polar surface area (TPSA) is 136 Å². The highest BCUT2D eigenvalue weighted by Gasteiger charge is 2.40. The number of sulfonamides is 1. The van der Waals surface area contributed by atoms with Crippen LogP contribution in [-0.2, 0) is 10.0 Å². The summed E-state index contributed by atoms with van der Waals surface area (Å²) in [6.45, 7) is 4.97. The van der Waals surface area contributed by atoms with Gasteiger partial charge in [0.2, 0.25) is 10.0 Å². The van der Waals surface area contributed by atoms with E-state index in [1.807, 2.05) is 13.0 Å². The Morgan fingerprint density at radius 1 is 1.05 bits per heavy atom. The lowest BCUT2D eigenvalue weighted by Crippen LogP contribution is -2.35. The predicted octanol–water partition coefficient (Wildman–Crippen LogP) is 3.54. The molecule has 0 bridgehead atoms. The number of rotatable bonds is 9. The Kier molecular flexibility index (Phi) is 6.13. The van der Waals surface area contributed by atoms with Crippen LogP contribution >= 0.6 is 0 Å². The Hall–Kier alpha value is -3.41. The molecule has 4 aliphatic rings. The maximum absolute atomic E-state index is 13.8. The summed E-state index contributed by atoms with van der Waals surface area (Å²) in [4.78, 5) is 37.1. The monoisotopic (exact) mass is 562 g/mol. The molecule has 0 saturated heterocycles. The lowest BCUT2D eigenvalue weighted by molar-refractivity contribution is 0.434. The minimum Gasteiger partial charge on any atom is -0.365 e. The average molecular weight is 563 g/mol. The van der Waals surface area contributed by atoms with Crippen molar-refractivity contribution in [2.24, 2.45) is 11.8 Å². The van der Waals surface area contributed by atoms with Gasteiger partial charge in [0, 0.05) is 31.2 Å². The quantitative estimate of drug-likeness (QED) is 0.415. The van der Waals surface area contributed by atoms with E-state index in [9.17, 15) is 13.2 Å². The van der Waals surface area contributed by atoms with Gasteiger partial charge in [0.1, 0.15) is 11.8 Å². The third kappa shape index (κ3) is 4.65. The Labute approximate surface area is 233 Å². The molecule has 3 aliphatic carbocycles.